The van der Waals surface area contributed by atoms with Gasteiger partial charge >= 0.3 is 0 Å². The third-order valence-corrected chi connectivity index (χ3v) is 8.26. The van der Waals surface area contributed by atoms with Gasteiger partial charge in [-0.15, -0.1) is 3.71 Å². The maximum atomic E-state index is 14.0. The third-order valence-electron chi connectivity index (χ3n) is 4.29. The van der Waals surface area contributed by atoms with Crippen molar-refractivity contribution in [3.05, 3.63) is 95.1 Å². The Morgan fingerprint density at radius 2 is 1.16 bits per heavy atom. The van der Waals surface area contributed by atoms with Gasteiger partial charge in [0.1, 0.15) is 11.6 Å². The molecule has 0 heterocycles. The fraction of sp³-hybridized carbons (Fsp3) is 0.0909. The first-order chi connectivity index (χ1) is 14.5. The average molecular weight is 462 g/mol. The number of hydrogen-bond donors (Lipinski definition) is 0. The Kier molecular flexibility index (Phi) is 6.15. The number of sulfonamides is 2. The van der Waals surface area contributed by atoms with E-state index in [0.717, 1.165) is 23.3 Å². The minimum Gasteiger partial charge on any atom is -0.207 e. The standard InChI is InChI=1S/C22H17F2NO4S2/c1-16-3-9-20(10-4-16)30(26,27)25(14-13-18-7-8-19(23)15-22(18)24)31(28,29)21-11-5-17(2)6-12-21/h3-12,15H,1-2H3. The second-order valence-corrected chi connectivity index (χ2v) is 10.5. The molecule has 3 aromatic carbocycles. The van der Waals surface area contributed by atoms with Gasteiger partial charge in [-0.1, -0.05) is 35.4 Å². The predicted octanol–water partition coefficient (Wildman–Crippen LogP) is 3.97. The summed E-state index contributed by atoms with van der Waals surface area (Å²) >= 11 is 0. The number of halogens is 2. The normalized spacial score (nSPS) is 11.5. The molecular weight excluding hydrogens is 444 g/mol. The van der Waals surface area contributed by atoms with Crippen molar-refractivity contribution in [3.8, 4) is 12.0 Å². The van der Waals surface area contributed by atoms with Crippen LogP contribution in [0.2, 0.25) is 0 Å². The minimum atomic E-state index is -4.65. The van der Waals surface area contributed by atoms with Crippen LogP contribution in [0.5, 0.6) is 0 Å². The molecule has 0 aromatic heterocycles. The zero-order chi connectivity index (χ0) is 22.8. The molecule has 0 fully saturated rings. The summed E-state index contributed by atoms with van der Waals surface area (Å²) in [5.41, 5.74) is 1.18. The van der Waals surface area contributed by atoms with Gasteiger partial charge in [-0.3, -0.25) is 0 Å². The minimum absolute atomic E-state index is 0.0120. The quantitative estimate of drug-likeness (QED) is 0.435. The van der Waals surface area contributed by atoms with E-state index in [2.05, 4.69) is 5.92 Å². The van der Waals surface area contributed by atoms with Crippen molar-refractivity contribution in [2.45, 2.75) is 23.6 Å². The summed E-state index contributed by atoms with van der Waals surface area (Å²) in [6.45, 7) is 3.49. The van der Waals surface area contributed by atoms with Crippen molar-refractivity contribution < 1.29 is 25.6 Å². The molecule has 0 spiro atoms. The maximum absolute atomic E-state index is 14.0. The van der Waals surface area contributed by atoms with Gasteiger partial charge < -0.3 is 0 Å². The lowest BCUT2D eigenvalue weighted by Gasteiger charge is -2.18. The van der Waals surface area contributed by atoms with Crippen LogP contribution in [0.15, 0.2) is 76.5 Å². The van der Waals surface area contributed by atoms with Crippen LogP contribution in [-0.2, 0) is 20.0 Å². The molecule has 0 aliphatic heterocycles. The molecule has 0 bridgehead atoms. The fourth-order valence-electron chi connectivity index (χ4n) is 2.56. The van der Waals surface area contributed by atoms with Crippen molar-refractivity contribution in [1.82, 2.24) is 3.71 Å². The van der Waals surface area contributed by atoms with Gasteiger partial charge in [0.15, 0.2) is 0 Å². The topological polar surface area (TPSA) is 71.5 Å². The summed E-state index contributed by atoms with van der Waals surface area (Å²) in [7, 11) is -9.30. The highest BCUT2D eigenvalue weighted by Crippen LogP contribution is 2.24. The van der Waals surface area contributed by atoms with E-state index >= 15 is 0 Å². The van der Waals surface area contributed by atoms with Gasteiger partial charge in [0.25, 0.3) is 20.0 Å². The predicted molar refractivity (Wildman–Crippen MR) is 112 cm³/mol. The van der Waals surface area contributed by atoms with Gasteiger partial charge in [0, 0.05) is 12.1 Å². The Morgan fingerprint density at radius 1 is 0.710 bits per heavy atom. The molecule has 0 radical (unpaired) electrons. The molecule has 0 N–H and O–H groups in total. The number of nitrogens with zero attached hydrogens (tertiary/aromatic N) is 1. The molecular formula is C22H17F2NO4S2. The third kappa shape index (κ3) is 4.76. The zero-order valence-corrected chi connectivity index (χ0v) is 18.1. The summed E-state index contributed by atoms with van der Waals surface area (Å²) in [5.74, 6) is 0.295. The molecule has 0 aliphatic rings. The number of benzene rings is 3. The Bertz CT molecular complexity index is 1310. The van der Waals surface area contributed by atoms with Crippen molar-refractivity contribution >= 4 is 20.0 Å². The van der Waals surface area contributed by atoms with Gasteiger partial charge in [0.2, 0.25) is 0 Å². The van der Waals surface area contributed by atoms with Crippen LogP contribution in [0.3, 0.4) is 0 Å². The van der Waals surface area contributed by atoms with Crippen LogP contribution < -0.4 is 0 Å². The first-order valence-corrected chi connectivity index (χ1v) is 11.8. The van der Waals surface area contributed by atoms with Crippen molar-refractivity contribution in [1.29, 1.82) is 0 Å². The van der Waals surface area contributed by atoms with E-state index in [0.29, 0.717) is 6.07 Å². The van der Waals surface area contributed by atoms with E-state index in [-0.39, 0.29) is 19.1 Å². The number of rotatable bonds is 4. The molecule has 0 aliphatic carbocycles. The Labute approximate surface area is 180 Å². The molecule has 0 saturated carbocycles. The molecule has 0 amide bonds. The summed E-state index contributed by atoms with van der Waals surface area (Å²) in [4.78, 5) is -0.606. The average Bonchev–Trinajstić information content (AvgIpc) is 2.70. The maximum Gasteiger partial charge on any atom is 0.284 e. The lowest BCUT2D eigenvalue weighted by molar-refractivity contribution is 0.541. The lowest BCUT2D eigenvalue weighted by atomic mass is 10.2. The van der Waals surface area contributed by atoms with Crippen LogP contribution in [0.25, 0.3) is 0 Å². The van der Waals surface area contributed by atoms with Crippen LogP contribution in [0.1, 0.15) is 16.7 Å². The lowest BCUT2D eigenvalue weighted by Crippen LogP contribution is -2.33. The second-order valence-electron chi connectivity index (χ2n) is 6.69. The highest BCUT2D eigenvalue weighted by molar-refractivity contribution is 8.04. The smallest absolute Gasteiger partial charge is 0.207 e. The van der Waals surface area contributed by atoms with Crippen molar-refractivity contribution in [3.63, 3.8) is 0 Å². The van der Waals surface area contributed by atoms with Gasteiger partial charge in [0.05, 0.1) is 15.4 Å². The Morgan fingerprint density at radius 3 is 1.58 bits per heavy atom. The largest absolute Gasteiger partial charge is 0.284 e. The molecule has 5 nitrogen and oxygen atoms in total. The van der Waals surface area contributed by atoms with E-state index in [1.54, 1.807) is 13.8 Å². The first kappa shape index (κ1) is 22.5. The van der Waals surface area contributed by atoms with Gasteiger partial charge in [-0.05, 0) is 56.2 Å². The zero-order valence-electron chi connectivity index (χ0n) is 16.5. The van der Waals surface area contributed by atoms with Crippen molar-refractivity contribution in [2.75, 3.05) is 0 Å². The fourth-order valence-corrected chi connectivity index (χ4v) is 5.78. The summed E-state index contributed by atoms with van der Waals surface area (Å²) in [6.07, 6.45) is 0. The van der Waals surface area contributed by atoms with Crippen LogP contribution in [0.4, 0.5) is 8.78 Å². The number of hydrogen-bond acceptors (Lipinski definition) is 4. The van der Waals surface area contributed by atoms with E-state index in [1.807, 2.05) is 6.04 Å². The summed E-state index contributed by atoms with van der Waals surface area (Å²) < 4.78 is 79.8. The molecule has 0 saturated heterocycles. The Balaban J connectivity index is 2.20. The van der Waals surface area contributed by atoms with E-state index in [1.165, 1.54) is 48.5 Å². The monoisotopic (exact) mass is 461 g/mol. The van der Waals surface area contributed by atoms with E-state index in [4.69, 9.17) is 0 Å². The molecule has 31 heavy (non-hydrogen) atoms. The SMILES string of the molecule is Cc1ccc(S(=O)(=O)N(C#Cc2ccc(F)cc2F)S(=O)(=O)c2ccc(C)cc2)cc1. The molecule has 0 unspecified atom stereocenters. The molecule has 160 valence electrons. The van der Waals surface area contributed by atoms with E-state index < -0.39 is 31.7 Å². The molecule has 3 aromatic rings. The first-order valence-electron chi connectivity index (χ1n) is 8.92. The molecule has 3 rings (SSSR count). The summed E-state index contributed by atoms with van der Waals surface area (Å²) in [6, 6.07) is 15.6. The Hall–Kier alpha value is -3.22. The summed E-state index contributed by atoms with van der Waals surface area (Å²) in [5, 5.41) is 0. The van der Waals surface area contributed by atoms with Crippen LogP contribution in [0, 0.1) is 37.4 Å². The second kappa shape index (κ2) is 8.49. The molecule has 9 heteroatoms. The van der Waals surface area contributed by atoms with Gasteiger partial charge in [-0.2, -0.15) is 16.8 Å². The molecule has 0 atom stereocenters. The van der Waals surface area contributed by atoms with E-state index in [9.17, 15) is 25.6 Å². The number of aryl methyl sites for hydroxylation is 2. The van der Waals surface area contributed by atoms with Crippen molar-refractivity contribution in [2.24, 2.45) is 0 Å². The highest BCUT2D eigenvalue weighted by atomic mass is 32.3. The van der Waals surface area contributed by atoms with Gasteiger partial charge in [-0.25, -0.2) is 8.78 Å². The van der Waals surface area contributed by atoms with Crippen LogP contribution >= 0.6 is 0 Å². The van der Waals surface area contributed by atoms with Crippen LogP contribution in [-0.4, -0.2) is 20.5 Å². The highest BCUT2D eigenvalue weighted by Gasteiger charge is 2.34.